The van der Waals surface area contributed by atoms with Gasteiger partial charge in [0.1, 0.15) is 0 Å². The molecule has 0 amide bonds. The average Bonchev–Trinajstić information content (AvgIpc) is 3.02. The second-order valence-electron chi connectivity index (χ2n) is 9.70. The molecule has 0 saturated heterocycles. The standard InChI is InChI=1S/C34H36O2Si3/c1-5-29-38(31-21-13-9-14-22-31,32-23-15-10-16-24-32)35-37(7-3,8-4)36-39(30-6-2,33-25-17-11-18-26-33)34-27-19-12-20-28-34/h1-2,9-28H,7-8,29-30H2,3-4H3. The predicted molar refractivity (Wildman–Crippen MR) is 172 cm³/mol. The molecule has 196 valence electrons. The Kier molecular flexibility index (Phi) is 9.59. The lowest BCUT2D eigenvalue weighted by molar-refractivity contribution is 0.384. The molecule has 0 aliphatic rings. The van der Waals surface area contributed by atoms with Crippen molar-refractivity contribution in [3.63, 3.8) is 0 Å². The Bertz CT molecular complexity index is 1210. The molecular weight excluding hydrogens is 525 g/mol. The van der Waals surface area contributed by atoms with Gasteiger partial charge in [-0.3, -0.25) is 0 Å². The zero-order valence-electron chi connectivity index (χ0n) is 22.8. The molecule has 0 N–H and O–H groups in total. The maximum Gasteiger partial charge on any atom is 0.317 e. The van der Waals surface area contributed by atoms with Crippen LogP contribution in [0, 0.1) is 24.7 Å². The first-order valence-corrected chi connectivity index (χ1v) is 20.0. The maximum absolute atomic E-state index is 7.66. The Balaban J connectivity index is 1.94. The molecule has 4 aromatic carbocycles. The highest BCUT2D eigenvalue weighted by Gasteiger charge is 2.53. The third kappa shape index (κ3) is 5.94. The average molecular weight is 561 g/mol. The van der Waals surface area contributed by atoms with Crippen molar-refractivity contribution >= 4 is 45.9 Å². The smallest absolute Gasteiger partial charge is 0.317 e. The summed E-state index contributed by atoms with van der Waals surface area (Å²) in [4.78, 5) is 0. The van der Waals surface area contributed by atoms with Gasteiger partial charge in [-0.25, -0.2) is 0 Å². The van der Waals surface area contributed by atoms with Gasteiger partial charge in [-0.05, 0) is 32.8 Å². The van der Waals surface area contributed by atoms with Crippen molar-refractivity contribution in [3.05, 3.63) is 121 Å². The van der Waals surface area contributed by atoms with Gasteiger partial charge in [-0.1, -0.05) is 135 Å². The second-order valence-corrected chi connectivity index (χ2v) is 20.9. The minimum Gasteiger partial charge on any atom is -0.428 e. The Morgan fingerprint density at radius 3 is 0.949 bits per heavy atom. The van der Waals surface area contributed by atoms with Gasteiger partial charge in [-0.15, -0.1) is 24.7 Å². The Morgan fingerprint density at radius 1 is 0.487 bits per heavy atom. The lowest BCUT2D eigenvalue weighted by atomic mass is 10.4. The summed E-state index contributed by atoms with van der Waals surface area (Å²) in [5.41, 5.74) is 0. The van der Waals surface area contributed by atoms with Crippen LogP contribution < -0.4 is 20.7 Å². The summed E-state index contributed by atoms with van der Waals surface area (Å²) >= 11 is 0. The van der Waals surface area contributed by atoms with Gasteiger partial charge < -0.3 is 8.23 Å². The van der Waals surface area contributed by atoms with Crippen LogP contribution in [0.4, 0.5) is 0 Å². The van der Waals surface area contributed by atoms with Gasteiger partial charge in [0.2, 0.25) is 0 Å². The molecule has 0 saturated carbocycles. The van der Waals surface area contributed by atoms with E-state index in [2.05, 4.69) is 123 Å². The van der Waals surface area contributed by atoms with E-state index in [1.807, 2.05) is 24.3 Å². The molecule has 0 unspecified atom stereocenters. The fourth-order valence-corrected chi connectivity index (χ4v) is 21.2. The van der Waals surface area contributed by atoms with Crippen molar-refractivity contribution in [2.75, 3.05) is 0 Å². The summed E-state index contributed by atoms with van der Waals surface area (Å²) in [5, 5.41) is 4.67. The second kappa shape index (κ2) is 13.1. The maximum atomic E-state index is 7.66. The topological polar surface area (TPSA) is 18.5 Å². The van der Waals surface area contributed by atoms with E-state index < -0.39 is 25.2 Å². The van der Waals surface area contributed by atoms with Gasteiger partial charge >= 0.3 is 8.56 Å². The highest BCUT2D eigenvalue weighted by Crippen LogP contribution is 2.30. The molecule has 39 heavy (non-hydrogen) atoms. The van der Waals surface area contributed by atoms with Crippen LogP contribution in [0.2, 0.25) is 24.2 Å². The molecule has 0 bridgehead atoms. The van der Waals surface area contributed by atoms with Gasteiger partial charge in [0.05, 0.1) is 0 Å². The van der Waals surface area contributed by atoms with Crippen molar-refractivity contribution in [1.29, 1.82) is 0 Å². The van der Waals surface area contributed by atoms with E-state index in [0.29, 0.717) is 12.1 Å². The number of benzene rings is 4. The van der Waals surface area contributed by atoms with E-state index in [0.717, 1.165) is 12.1 Å². The van der Waals surface area contributed by atoms with E-state index >= 15 is 0 Å². The van der Waals surface area contributed by atoms with Crippen LogP contribution in [0.5, 0.6) is 0 Å². The molecular formula is C34H36O2Si3. The monoisotopic (exact) mass is 560 g/mol. The largest absolute Gasteiger partial charge is 0.428 e. The van der Waals surface area contributed by atoms with Crippen molar-refractivity contribution in [2.45, 2.75) is 38.0 Å². The zero-order valence-corrected chi connectivity index (χ0v) is 25.8. The third-order valence-corrected chi connectivity index (χ3v) is 21.8. The van der Waals surface area contributed by atoms with Crippen LogP contribution >= 0.6 is 0 Å². The van der Waals surface area contributed by atoms with Crippen LogP contribution in [0.3, 0.4) is 0 Å². The van der Waals surface area contributed by atoms with E-state index in [-0.39, 0.29) is 0 Å². The Labute approximate surface area is 237 Å². The number of terminal acetylenes is 2. The van der Waals surface area contributed by atoms with Crippen molar-refractivity contribution in [2.24, 2.45) is 0 Å². The van der Waals surface area contributed by atoms with Crippen LogP contribution in [0.1, 0.15) is 13.8 Å². The van der Waals surface area contributed by atoms with Crippen LogP contribution in [0.25, 0.3) is 0 Å². The van der Waals surface area contributed by atoms with E-state index in [1.165, 1.54) is 20.7 Å². The minimum atomic E-state index is -2.89. The molecule has 2 nitrogen and oxygen atoms in total. The predicted octanol–water partition coefficient (Wildman–Crippen LogP) is 5.29. The molecule has 0 atom stereocenters. The molecule has 4 rings (SSSR count). The molecule has 0 radical (unpaired) electrons. The summed E-state index contributed by atoms with van der Waals surface area (Å²) in [5.74, 6) is 6.02. The summed E-state index contributed by atoms with van der Waals surface area (Å²) in [6, 6.07) is 44.8. The van der Waals surface area contributed by atoms with Crippen molar-refractivity contribution < 1.29 is 8.23 Å². The summed E-state index contributed by atoms with van der Waals surface area (Å²) < 4.78 is 15.3. The first kappa shape index (κ1) is 28.6. The van der Waals surface area contributed by atoms with Gasteiger partial charge in [0, 0.05) is 12.1 Å². The lowest BCUT2D eigenvalue weighted by Gasteiger charge is -2.46. The van der Waals surface area contributed by atoms with E-state index in [1.54, 1.807) is 0 Å². The third-order valence-electron chi connectivity index (χ3n) is 7.46. The minimum absolute atomic E-state index is 0.527. The number of hydrogen-bond donors (Lipinski definition) is 0. The summed E-state index contributed by atoms with van der Waals surface area (Å²) in [6.45, 7) is 4.40. The lowest BCUT2D eigenvalue weighted by Crippen LogP contribution is -2.71. The van der Waals surface area contributed by atoms with Crippen LogP contribution in [0.15, 0.2) is 121 Å². The molecule has 0 aliphatic heterocycles. The van der Waals surface area contributed by atoms with Gasteiger partial charge in [-0.2, -0.15) is 0 Å². The number of hydrogen-bond acceptors (Lipinski definition) is 2. The fraction of sp³-hybridized carbons (Fsp3) is 0.176. The van der Waals surface area contributed by atoms with Crippen LogP contribution in [-0.4, -0.2) is 25.2 Å². The molecule has 0 aromatic heterocycles. The summed E-state index contributed by atoms with van der Waals surface area (Å²) in [7, 11) is -8.64. The van der Waals surface area contributed by atoms with Crippen molar-refractivity contribution in [1.82, 2.24) is 0 Å². The molecule has 4 aromatic rings. The van der Waals surface area contributed by atoms with Gasteiger partial charge in [0.25, 0.3) is 16.6 Å². The van der Waals surface area contributed by atoms with Crippen LogP contribution in [-0.2, 0) is 8.23 Å². The zero-order chi connectivity index (χ0) is 27.6. The highest BCUT2D eigenvalue weighted by atomic mass is 28.5. The molecule has 0 heterocycles. The summed E-state index contributed by atoms with van der Waals surface area (Å²) in [6.07, 6.45) is 12.2. The van der Waals surface area contributed by atoms with E-state index in [4.69, 9.17) is 21.1 Å². The first-order chi connectivity index (χ1) is 19.1. The SMILES string of the molecule is C#CC[Si](O[Si](CC)(CC)O[Si](CC#C)(c1ccccc1)c1ccccc1)(c1ccccc1)c1ccccc1. The first-order valence-electron chi connectivity index (χ1n) is 13.6. The Morgan fingerprint density at radius 2 is 0.744 bits per heavy atom. The highest BCUT2D eigenvalue weighted by molar-refractivity contribution is 7.06. The number of rotatable bonds is 12. The quantitative estimate of drug-likeness (QED) is 0.173. The van der Waals surface area contributed by atoms with E-state index in [9.17, 15) is 0 Å². The van der Waals surface area contributed by atoms with Gasteiger partial charge in [0.15, 0.2) is 0 Å². The molecule has 0 aliphatic carbocycles. The molecule has 0 fully saturated rings. The Hall–Kier alpha value is -3.43. The molecule has 0 spiro atoms. The molecule has 5 heteroatoms. The van der Waals surface area contributed by atoms with Crippen molar-refractivity contribution in [3.8, 4) is 24.7 Å². The normalized spacial score (nSPS) is 11.9. The fourth-order valence-electron chi connectivity index (χ4n) is 5.36.